The van der Waals surface area contributed by atoms with Crippen molar-refractivity contribution in [3.63, 3.8) is 0 Å². The zero-order chi connectivity index (χ0) is 48.4. The summed E-state index contributed by atoms with van der Waals surface area (Å²) in [6, 6.07) is 12.6. The molecule has 354 valence electrons. The van der Waals surface area contributed by atoms with Crippen molar-refractivity contribution in [3.05, 3.63) is 115 Å². The number of fused-ring (bicyclic) bond motifs is 2. The van der Waals surface area contributed by atoms with E-state index >= 15 is 0 Å². The fourth-order valence-electron chi connectivity index (χ4n) is 8.16. The zero-order valence-electron chi connectivity index (χ0n) is 38.2. The number of anilines is 2. The van der Waals surface area contributed by atoms with Crippen LogP contribution in [0, 0.1) is 27.7 Å². The molecule has 3 heterocycles. The van der Waals surface area contributed by atoms with Crippen LogP contribution in [0.15, 0.2) is 53.9 Å². The van der Waals surface area contributed by atoms with E-state index in [9.17, 15) is 34.2 Å². The lowest BCUT2D eigenvalue weighted by molar-refractivity contribution is -0.143. The van der Waals surface area contributed by atoms with Gasteiger partial charge in [-0.15, -0.1) is 11.3 Å². The number of aromatic hydroxyl groups is 2. The van der Waals surface area contributed by atoms with E-state index in [0.29, 0.717) is 45.1 Å². The molecule has 4 atom stereocenters. The Labute approximate surface area is 391 Å². The number of rotatable bonds is 14. The van der Waals surface area contributed by atoms with Crippen LogP contribution in [0.4, 0.5) is 11.9 Å². The van der Waals surface area contributed by atoms with Crippen molar-refractivity contribution in [2.75, 3.05) is 37.9 Å². The molecule has 0 saturated heterocycles. The SMILES string of the molecule is COC(=O)[C@H](CN)NC(=O)c1c(C)nc(NC2CCc3cc(O)ccc3C2)nc1C.COC(=O)[C@H](CNC(=O)c1cccs1)NC(=O)c1c(C)nc(NC2CCc3cc(O)ccc3C2)nc1C. The number of hydrogen-bond donors (Lipinski definition) is 8. The number of nitrogens with zero attached hydrogens (tertiary/aromatic N) is 4. The predicted octanol–water partition coefficient (Wildman–Crippen LogP) is 3.53. The average molecular weight is 937 g/mol. The topological polar surface area (TPSA) is 282 Å². The molecule has 7 rings (SSSR count). The van der Waals surface area contributed by atoms with Crippen LogP contribution in [-0.2, 0) is 44.7 Å². The van der Waals surface area contributed by atoms with Crippen LogP contribution in [0.5, 0.6) is 11.5 Å². The molecule has 2 aliphatic rings. The first-order chi connectivity index (χ1) is 32.1. The summed E-state index contributed by atoms with van der Waals surface area (Å²) < 4.78 is 9.46. The molecule has 2 aliphatic carbocycles. The summed E-state index contributed by atoms with van der Waals surface area (Å²) >= 11 is 1.27. The highest BCUT2D eigenvalue weighted by Gasteiger charge is 2.28. The maximum absolute atomic E-state index is 13.1. The first-order valence-corrected chi connectivity index (χ1v) is 22.6. The number of thiophene rings is 1. The van der Waals surface area contributed by atoms with E-state index in [-0.39, 0.29) is 48.1 Å². The molecular formula is C47H56N10O9S. The quantitative estimate of drug-likeness (QED) is 0.0740. The Balaban J connectivity index is 0.000000226. The molecule has 0 fully saturated rings. The minimum absolute atomic E-state index is 0.0715. The van der Waals surface area contributed by atoms with Gasteiger partial charge in [0.2, 0.25) is 11.9 Å². The Morgan fingerprint density at radius 2 is 1.12 bits per heavy atom. The molecular weight excluding hydrogens is 881 g/mol. The van der Waals surface area contributed by atoms with Gasteiger partial charge in [-0.1, -0.05) is 18.2 Å². The van der Waals surface area contributed by atoms with Crippen molar-refractivity contribution in [2.45, 2.75) is 90.4 Å². The van der Waals surface area contributed by atoms with E-state index in [4.69, 9.17) is 10.5 Å². The van der Waals surface area contributed by atoms with E-state index in [1.165, 1.54) is 36.7 Å². The molecule has 3 aromatic heterocycles. The summed E-state index contributed by atoms with van der Waals surface area (Å²) in [4.78, 5) is 80.4. The Morgan fingerprint density at radius 1 is 0.672 bits per heavy atom. The first-order valence-electron chi connectivity index (χ1n) is 21.7. The highest BCUT2D eigenvalue weighted by Crippen LogP contribution is 2.28. The number of hydrogen-bond acceptors (Lipinski definition) is 17. The van der Waals surface area contributed by atoms with Crippen LogP contribution in [0.25, 0.3) is 0 Å². The lowest BCUT2D eigenvalue weighted by Crippen LogP contribution is -2.49. The van der Waals surface area contributed by atoms with Crippen molar-refractivity contribution in [3.8, 4) is 11.5 Å². The highest BCUT2D eigenvalue weighted by atomic mass is 32.1. The van der Waals surface area contributed by atoms with Crippen LogP contribution in [0.1, 0.15) is 88.3 Å². The normalized spacial score (nSPS) is 15.7. The summed E-state index contributed by atoms with van der Waals surface area (Å²) in [6.45, 7) is 6.66. The molecule has 0 saturated carbocycles. The number of nitrogens with two attached hydrogens (primary N) is 1. The molecule has 2 unspecified atom stereocenters. The summed E-state index contributed by atoms with van der Waals surface area (Å²) in [5.74, 6) is -1.19. The second-order valence-electron chi connectivity index (χ2n) is 16.3. The van der Waals surface area contributed by atoms with E-state index in [1.807, 2.05) is 18.2 Å². The molecule has 0 bridgehead atoms. The van der Waals surface area contributed by atoms with E-state index in [1.54, 1.807) is 63.4 Å². The number of ether oxygens (including phenoxy) is 2. The van der Waals surface area contributed by atoms with Gasteiger partial charge in [0.1, 0.15) is 23.6 Å². The highest BCUT2D eigenvalue weighted by molar-refractivity contribution is 7.12. The van der Waals surface area contributed by atoms with Crippen LogP contribution in [0.3, 0.4) is 0 Å². The standard InChI is InChI=1S/C26H29N5O5S.C21H27N5O4/c1-14-22(24(34)31-20(25(35)36-3)13-27-23(33)21-5-4-10-37-21)15(2)29-26(28-14)30-18-8-6-17-12-19(32)9-7-16(17)11-18;1-11-18(19(28)26-17(10-22)20(29)30-3)12(2)24-21(23-11)25-15-6-4-14-9-16(27)7-5-13(14)8-15/h4-5,7,9-10,12,18,20,32H,6,8,11,13H2,1-3H3,(H,27,33)(H,31,34)(H,28,29,30);5,7,9,15,17,27H,4,6,8,10,22H2,1-3H3,(H,26,28)(H,23,24,25)/t18?,20-;15?,17-/m00/s1. The average Bonchev–Trinajstić information content (AvgIpc) is 3.84. The number of aromatic nitrogens is 4. The maximum atomic E-state index is 13.1. The summed E-state index contributed by atoms with van der Waals surface area (Å²) in [5.41, 5.74) is 12.7. The fraction of sp³-hybridized carbons (Fsp3) is 0.383. The van der Waals surface area contributed by atoms with Gasteiger partial charge in [-0.25, -0.2) is 29.5 Å². The summed E-state index contributed by atoms with van der Waals surface area (Å²) in [7, 11) is 2.46. The van der Waals surface area contributed by atoms with E-state index in [0.717, 1.165) is 49.7 Å². The smallest absolute Gasteiger partial charge is 0.330 e. The third-order valence-electron chi connectivity index (χ3n) is 11.5. The maximum Gasteiger partial charge on any atom is 0.330 e. The predicted molar refractivity (Wildman–Crippen MR) is 250 cm³/mol. The van der Waals surface area contributed by atoms with Gasteiger partial charge in [0.05, 0.1) is 53.0 Å². The van der Waals surface area contributed by atoms with Gasteiger partial charge in [0.25, 0.3) is 17.7 Å². The number of benzene rings is 2. The molecule has 67 heavy (non-hydrogen) atoms. The van der Waals surface area contributed by atoms with Crippen LogP contribution in [0.2, 0.25) is 0 Å². The third kappa shape index (κ3) is 12.6. The number of phenols is 2. The number of carbonyl (C=O) groups is 5. The van der Waals surface area contributed by atoms with Crippen molar-refractivity contribution in [1.29, 1.82) is 0 Å². The van der Waals surface area contributed by atoms with E-state index in [2.05, 4.69) is 51.3 Å². The number of nitrogens with one attached hydrogen (secondary N) is 5. The minimum atomic E-state index is -1.08. The van der Waals surface area contributed by atoms with Crippen LogP contribution >= 0.6 is 11.3 Å². The summed E-state index contributed by atoms with van der Waals surface area (Å²) in [5, 5.41) is 35.7. The summed E-state index contributed by atoms with van der Waals surface area (Å²) in [6.07, 6.45) is 5.01. The molecule has 20 heteroatoms. The Hall–Kier alpha value is -7.19. The Morgan fingerprint density at radius 3 is 1.54 bits per heavy atom. The number of aryl methyl sites for hydroxylation is 6. The number of carbonyl (C=O) groups excluding carboxylic acids is 5. The van der Waals surface area contributed by atoms with Crippen molar-refractivity contribution < 1.29 is 43.7 Å². The lowest BCUT2D eigenvalue weighted by atomic mass is 9.88. The van der Waals surface area contributed by atoms with Gasteiger partial charge >= 0.3 is 11.9 Å². The molecule has 3 amide bonds. The van der Waals surface area contributed by atoms with Crippen molar-refractivity contribution >= 4 is 52.9 Å². The second-order valence-corrected chi connectivity index (χ2v) is 17.2. The Kier molecular flexibility index (Phi) is 16.4. The molecule has 2 aromatic carbocycles. The van der Waals surface area contributed by atoms with Crippen molar-refractivity contribution in [2.24, 2.45) is 5.73 Å². The Bertz CT molecular complexity index is 2580. The van der Waals surface area contributed by atoms with E-state index < -0.39 is 35.8 Å². The van der Waals surface area contributed by atoms with Crippen LogP contribution < -0.4 is 32.3 Å². The van der Waals surface area contributed by atoms with Crippen molar-refractivity contribution in [1.82, 2.24) is 35.9 Å². The fourth-order valence-corrected chi connectivity index (χ4v) is 8.80. The third-order valence-corrected chi connectivity index (χ3v) is 12.4. The molecule has 0 aliphatic heterocycles. The van der Waals surface area contributed by atoms with Gasteiger partial charge in [-0.2, -0.15) is 0 Å². The second kappa shape index (κ2) is 22.3. The monoisotopic (exact) mass is 936 g/mol. The largest absolute Gasteiger partial charge is 0.508 e. The number of amides is 3. The molecule has 19 nitrogen and oxygen atoms in total. The molecule has 5 aromatic rings. The number of methoxy groups -OCH3 is 2. The van der Waals surface area contributed by atoms with Gasteiger partial charge < -0.3 is 52.0 Å². The minimum Gasteiger partial charge on any atom is -0.508 e. The van der Waals surface area contributed by atoms with Gasteiger partial charge in [-0.05, 0) is 124 Å². The number of esters is 2. The van der Waals surface area contributed by atoms with Gasteiger partial charge in [0, 0.05) is 25.2 Å². The molecule has 9 N–H and O–H groups in total. The molecule has 0 spiro atoms. The molecule has 0 radical (unpaired) electrons. The van der Waals surface area contributed by atoms with Gasteiger partial charge in [0.15, 0.2) is 0 Å². The van der Waals surface area contributed by atoms with Crippen LogP contribution in [-0.4, -0.2) is 111 Å². The van der Waals surface area contributed by atoms with Gasteiger partial charge in [-0.3, -0.25) is 14.4 Å². The zero-order valence-corrected chi connectivity index (χ0v) is 39.0. The number of phenolic OH excluding ortho intramolecular Hbond substituents is 2. The lowest BCUT2D eigenvalue weighted by Gasteiger charge is -2.26. The first kappa shape index (κ1) is 49.2.